The van der Waals surface area contributed by atoms with Gasteiger partial charge in [0.25, 0.3) is 0 Å². The zero-order valence-electron chi connectivity index (χ0n) is 11.3. The van der Waals surface area contributed by atoms with Crippen molar-refractivity contribution >= 4 is 11.8 Å². The highest BCUT2D eigenvalue weighted by molar-refractivity contribution is 7.99. The average molecular weight is 265 g/mol. The third-order valence-corrected chi connectivity index (χ3v) is 4.75. The zero-order valence-corrected chi connectivity index (χ0v) is 12.1. The van der Waals surface area contributed by atoms with Gasteiger partial charge in [0, 0.05) is 17.8 Å². The molecule has 18 heavy (non-hydrogen) atoms. The topological polar surface area (TPSA) is 21.3 Å². The maximum absolute atomic E-state index is 5.74. The van der Waals surface area contributed by atoms with Gasteiger partial charge in [-0.15, -0.1) is 0 Å². The highest BCUT2D eigenvalue weighted by Gasteiger charge is 2.20. The van der Waals surface area contributed by atoms with E-state index in [-0.39, 0.29) is 0 Å². The molecule has 1 saturated heterocycles. The van der Waals surface area contributed by atoms with Crippen molar-refractivity contribution in [2.45, 2.75) is 38.0 Å². The Balaban J connectivity index is 1.66. The van der Waals surface area contributed by atoms with E-state index in [1.54, 1.807) is 0 Å². The van der Waals surface area contributed by atoms with Crippen LogP contribution in [0.4, 0.5) is 0 Å². The minimum Gasteiger partial charge on any atom is -0.492 e. The molecule has 0 aromatic heterocycles. The Bertz CT molecular complexity index is 369. The molecule has 100 valence electrons. The second kappa shape index (κ2) is 7.05. The van der Waals surface area contributed by atoms with Gasteiger partial charge in [-0.1, -0.05) is 19.1 Å². The molecule has 0 amide bonds. The summed E-state index contributed by atoms with van der Waals surface area (Å²) in [6.45, 7) is 6.09. The lowest BCUT2D eigenvalue weighted by Gasteiger charge is -2.29. The van der Waals surface area contributed by atoms with Gasteiger partial charge >= 0.3 is 0 Å². The Labute approximate surface area is 114 Å². The summed E-state index contributed by atoms with van der Waals surface area (Å²) in [6, 6.07) is 8.89. The van der Waals surface area contributed by atoms with E-state index in [1.165, 1.54) is 24.2 Å². The molecule has 3 heteroatoms. The van der Waals surface area contributed by atoms with Gasteiger partial charge in [-0.25, -0.2) is 0 Å². The van der Waals surface area contributed by atoms with E-state index in [2.05, 4.69) is 43.1 Å². The molecule has 0 aliphatic carbocycles. The lowest BCUT2D eigenvalue weighted by molar-refractivity contribution is 0.301. The Morgan fingerprint density at radius 2 is 2.33 bits per heavy atom. The van der Waals surface area contributed by atoms with Crippen LogP contribution in [0.5, 0.6) is 5.75 Å². The smallest absolute Gasteiger partial charge is 0.119 e. The van der Waals surface area contributed by atoms with Crippen LogP contribution in [0.15, 0.2) is 24.3 Å². The summed E-state index contributed by atoms with van der Waals surface area (Å²) in [5, 5.41) is 4.34. The van der Waals surface area contributed by atoms with Crippen LogP contribution in [0, 0.1) is 6.92 Å². The van der Waals surface area contributed by atoms with Gasteiger partial charge in [0.05, 0.1) is 0 Å². The van der Waals surface area contributed by atoms with E-state index in [4.69, 9.17) is 4.74 Å². The van der Waals surface area contributed by atoms with E-state index in [1.807, 2.05) is 12.1 Å². The number of thioether (sulfide) groups is 1. The number of nitrogens with one attached hydrogen (secondary N) is 1. The number of benzene rings is 1. The lowest BCUT2D eigenvalue weighted by Crippen LogP contribution is -2.41. The maximum atomic E-state index is 5.74. The Hall–Kier alpha value is -0.670. The van der Waals surface area contributed by atoms with E-state index < -0.39 is 0 Å². The number of hydrogen-bond donors (Lipinski definition) is 1. The standard InChI is InChI=1S/C15H23NOS/c1-12-5-3-6-14(11-12)17-9-8-16-15-7-4-10-18-13(15)2/h3,5-6,11,13,15-16H,4,7-10H2,1-2H3. The lowest BCUT2D eigenvalue weighted by atomic mass is 10.1. The van der Waals surface area contributed by atoms with Crippen LogP contribution in [0.2, 0.25) is 0 Å². The molecule has 1 aromatic rings. The molecule has 1 aliphatic rings. The third kappa shape index (κ3) is 4.21. The molecule has 1 N–H and O–H groups in total. The molecule has 2 rings (SSSR count). The van der Waals surface area contributed by atoms with Crippen LogP contribution in [0.25, 0.3) is 0 Å². The van der Waals surface area contributed by atoms with Crippen molar-refractivity contribution in [3.05, 3.63) is 29.8 Å². The Morgan fingerprint density at radius 1 is 1.44 bits per heavy atom. The zero-order chi connectivity index (χ0) is 12.8. The van der Waals surface area contributed by atoms with Crippen molar-refractivity contribution in [2.24, 2.45) is 0 Å². The van der Waals surface area contributed by atoms with Gasteiger partial charge < -0.3 is 10.1 Å². The first kappa shape index (κ1) is 13.8. The summed E-state index contributed by atoms with van der Waals surface area (Å²) in [7, 11) is 0. The van der Waals surface area contributed by atoms with Crippen LogP contribution in [-0.2, 0) is 0 Å². The Morgan fingerprint density at radius 3 is 3.11 bits per heavy atom. The van der Waals surface area contributed by atoms with Crippen LogP contribution >= 0.6 is 11.8 Å². The molecule has 2 unspecified atom stereocenters. The van der Waals surface area contributed by atoms with Gasteiger partial charge in [-0.3, -0.25) is 0 Å². The molecule has 1 aromatic carbocycles. The first-order chi connectivity index (χ1) is 8.75. The fourth-order valence-electron chi connectivity index (χ4n) is 2.31. The first-order valence-corrected chi connectivity index (χ1v) is 7.85. The minimum absolute atomic E-state index is 0.657. The first-order valence-electron chi connectivity index (χ1n) is 6.80. The number of hydrogen-bond acceptors (Lipinski definition) is 3. The number of rotatable bonds is 5. The molecule has 0 radical (unpaired) electrons. The van der Waals surface area contributed by atoms with Crippen LogP contribution in [-0.4, -0.2) is 30.2 Å². The van der Waals surface area contributed by atoms with E-state index in [0.29, 0.717) is 6.04 Å². The van der Waals surface area contributed by atoms with E-state index in [9.17, 15) is 0 Å². The summed E-state index contributed by atoms with van der Waals surface area (Å²) in [6.07, 6.45) is 2.64. The van der Waals surface area contributed by atoms with Gasteiger partial charge in [-0.2, -0.15) is 11.8 Å². The van der Waals surface area contributed by atoms with Crippen LogP contribution in [0.3, 0.4) is 0 Å². The molecule has 0 saturated carbocycles. The molecule has 0 spiro atoms. The second-order valence-corrected chi connectivity index (χ2v) is 6.43. The molecule has 2 atom stereocenters. The van der Waals surface area contributed by atoms with Gasteiger partial charge in [0.2, 0.25) is 0 Å². The summed E-state index contributed by atoms with van der Waals surface area (Å²) in [5.74, 6) is 2.29. The molecular weight excluding hydrogens is 242 g/mol. The molecule has 1 heterocycles. The molecular formula is C15H23NOS. The van der Waals surface area contributed by atoms with Crippen LogP contribution < -0.4 is 10.1 Å². The minimum atomic E-state index is 0.657. The quantitative estimate of drug-likeness (QED) is 0.826. The summed E-state index contributed by atoms with van der Waals surface area (Å²) >= 11 is 2.08. The largest absolute Gasteiger partial charge is 0.492 e. The van der Waals surface area contributed by atoms with E-state index >= 15 is 0 Å². The van der Waals surface area contributed by atoms with Crippen molar-refractivity contribution in [3.63, 3.8) is 0 Å². The van der Waals surface area contributed by atoms with Crippen molar-refractivity contribution in [3.8, 4) is 5.75 Å². The highest BCUT2D eigenvalue weighted by atomic mass is 32.2. The highest BCUT2D eigenvalue weighted by Crippen LogP contribution is 2.24. The summed E-state index contributed by atoms with van der Waals surface area (Å²) in [5.41, 5.74) is 1.25. The van der Waals surface area contributed by atoms with Crippen molar-refractivity contribution in [1.29, 1.82) is 0 Å². The van der Waals surface area contributed by atoms with Gasteiger partial charge in [0.15, 0.2) is 0 Å². The predicted molar refractivity (Wildman–Crippen MR) is 79.6 cm³/mol. The Kier molecular flexibility index (Phi) is 5.39. The predicted octanol–water partition coefficient (Wildman–Crippen LogP) is 3.25. The normalized spacial score (nSPS) is 23.9. The van der Waals surface area contributed by atoms with Crippen LogP contribution in [0.1, 0.15) is 25.3 Å². The molecule has 1 aliphatic heterocycles. The van der Waals surface area contributed by atoms with Gasteiger partial charge in [-0.05, 0) is 43.2 Å². The van der Waals surface area contributed by atoms with E-state index in [0.717, 1.165) is 24.2 Å². The molecule has 2 nitrogen and oxygen atoms in total. The fourth-order valence-corrected chi connectivity index (χ4v) is 3.48. The maximum Gasteiger partial charge on any atom is 0.119 e. The molecule has 0 bridgehead atoms. The monoisotopic (exact) mass is 265 g/mol. The summed E-state index contributed by atoms with van der Waals surface area (Å²) in [4.78, 5) is 0. The number of ether oxygens (including phenoxy) is 1. The fraction of sp³-hybridized carbons (Fsp3) is 0.600. The van der Waals surface area contributed by atoms with Crippen molar-refractivity contribution < 1.29 is 4.74 Å². The second-order valence-electron chi connectivity index (χ2n) is 4.94. The van der Waals surface area contributed by atoms with Gasteiger partial charge in [0.1, 0.15) is 12.4 Å². The van der Waals surface area contributed by atoms with Crippen molar-refractivity contribution in [1.82, 2.24) is 5.32 Å². The summed E-state index contributed by atoms with van der Waals surface area (Å²) < 4.78 is 5.74. The van der Waals surface area contributed by atoms with Crippen molar-refractivity contribution in [2.75, 3.05) is 18.9 Å². The third-order valence-electron chi connectivity index (χ3n) is 3.37. The SMILES string of the molecule is Cc1cccc(OCCNC2CCCSC2C)c1. The average Bonchev–Trinajstić information content (AvgIpc) is 2.37. The molecule has 1 fully saturated rings. The number of aryl methyl sites for hydroxylation is 1.